The van der Waals surface area contributed by atoms with Crippen LogP contribution in [0.4, 0.5) is 5.95 Å². The Balaban J connectivity index is 0.00000176. The second-order valence-corrected chi connectivity index (χ2v) is 4.26. The number of fused-ring (bicyclic) bond motifs is 1. The Morgan fingerprint density at radius 1 is 1.41 bits per heavy atom. The van der Waals surface area contributed by atoms with Gasteiger partial charge in [-0.05, 0) is 23.8 Å². The number of hydrogen-bond donors (Lipinski definition) is 1. The summed E-state index contributed by atoms with van der Waals surface area (Å²) < 4.78 is 6.67. The van der Waals surface area contributed by atoms with Crippen LogP contribution in [-0.2, 0) is 0 Å². The molecule has 0 saturated carbocycles. The summed E-state index contributed by atoms with van der Waals surface area (Å²) in [6.07, 6.45) is 2.85. The summed E-state index contributed by atoms with van der Waals surface area (Å²) in [7, 11) is 1.46. The molecule has 0 aliphatic rings. The molecule has 3 aromatic heterocycles. The molecule has 0 amide bonds. The molecule has 0 unspecified atom stereocenters. The van der Waals surface area contributed by atoms with E-state index in [1.54, 1.807) is 18.3 Å². The number of carboxylic acids is 1. The molecule has 22 heavy (non-hydrogen) atoms. The van der Waals surface area contributed by atoms with Crippen molar-refractivity contribution in [2.24, 2.45) is 0 Å². The van der Waals surface area contributed by atoms with Crippen LogP contribution >= 0.6 is 0 Å². The van der Waals surface area contributed by atoms with Gasteiger partial charge in [0, 0.05) is 23.5 Å². The summed E-state index contributed by atoms with van der Waals surface area (Å²) in [5.74, 6) is -0.850. The second kappa shape index (κ2) is 6.05. The van der Waals surface area contributed by atoms with Crippen molar-refractivity contribution in [3.63, 3.8) is 0 Å². The molecule has 0 aromatic carbocycles. The molecule has 3 rings (SSSR count). The van der Waals surface area contributed by atoms with Gasteiger partial charge in [-0.1, -0.05) is 0 Å². The zero-order valence-corrected chi connectivity index (χ0v) is 12.0. The molecule has 106 valence electrons. The van der Waals surface area contributed by atoms with E-state index in [9.17, 15) is 9.90 Å². The fourth-order valence-corrected chi connectivity index (χ4v) is 2.00. The number of carboxylic acid groups (broad SMARTS) is 1. The standard InChI is InChI=1S/C13H11N5O3.Li/c1-21-11-9(4-8(6-15-11)12(19)20)7-2-3-18-10(5-7)16-13(14)17-18;/h2-6H,1H3,(H2,14,17)(H,19,20);/q;+1/p-1. The van der Waals surface area contributed by atoms with Gasteiger partial charge in [0.1, 0.15) is 0 Å². The number of pyridine rings is 2. The van der Waals surface area contributed by atoms with Crippen molar-refractivity contribution in [2.45, 2.75) is 0 Å². The number of aromatic nitrogens is 4. The van der Waals surface area contributed by atoms with Crippen LogP contribution in [0.15, 0.2) is 30.6 Å². The predicted octanol–water partition coefficient (Wildman–Crippen LogP) is -3.25. The number of aromatic carboxylic acids is 1. The first-order valence-electron chi connectivity index (χ1n) is 5.96. The minimum absolute atomic E-state index is 0. The molecular weight excluding hydrogens is 281 g/mol. The maximum atomic E-state index is 11.0. The van der Waals surface area contributed by atoms with Crippen molar-refractivity contribution in [2.75, 3.05) is 12.8 Å². The Hall–Kier alpha value is -2.56. The summed E-state index contributed by atoms with van der Waals surface area (Å²) >= 11 is 0. The number of carbonyl (C=O) groups is 1. The minimum Gasteiger partial charge on any atom is -0.545 e. The van der Waals surface area contributed by atoms with E-state index in [0.717, 1.165) is 0 Å². The Morgan fingerprint density at radius 2 is 2.18 bits per heavy atom. The van der Waals surface area contributed by atoms with Crippen molar-refractivity contribution in [3.8, 4) is 17.0 Å². The Kier molecular flexibility index (Phi) is 4.35. The van der Waals surface area contributed by atoms with E-state index in [1.165, 1.54) is 23.9 Å². The molecule has 8 nitrogen and oxygen atoms in total. The number of nitrogens with two attached hydrogens (primary N) is 1. The average molecular weight is 291 g/mol. The molecule has 0 aliphatic carbocycles. The molecular formula is C13H10LiN5O3. The first-order chi connectivity index (χ1) is 10.1. The zero-order valence-electron chi connectivity index (χ0n) is 12.0. The molecule has 0 radical (unpaired) electrons. The van der Waals surface area contributed by atoms with E-state index in [-0.39, 0.29) is 30.4 Å². The number of nitrogens with zero attached hydrogens (tertiary/aromatic N) is 4. The molecule has 9 heteroatoms. The summed E-state index contributed by atoms with van der Waals surface area (Å²) in [5.41, 5.74) is 7.23. The molecule has 0 bridgehead atoms. The van der Waals surface area contributed by atoms with E-state index in [4.69, 9.17) is 10.5 Å². The molecule has 0 atom stereocenters. The second-order valence-electron chi connectivity index (χ2n) is 4.26. The van der Waals surface area contributed by atoms with Gasteiger partial charge < -0.3 is 20.4 Å². The number of hydrogen-bond acceptors (Lipinski definition) is 7. The molecule has 3 aromatic rings. The maximum absolute atomic E-state index is 11.0. The van der Waals surface area contributed by atoms with E-state index < -0.39 is 5.97 Å². The van der Waals surface area contributed by atoms with Crippen molar-refractivity contribution in [1.82, 2.24) is 19.6 Å². The maximum Gasteiger partial charge on any atom is 1.00 e. The number of carbonyl (C=O) groups excluding carboxylic acids is 1. The Labute approximate surface area is 137 Å². The first kappa shape index (κ1) is 15.8. The monoisotopic (exact) mass is 291 g/mol. The van der Waals surface area contributed by atoms with Gasteiger partial charge in [-0.2, -0.15) is 4.98 Å². The third-order valence-electron chi connectivity index (χ3n) is 2.95. The molecule has 2 N–H and O–H groups in total. The van der Waals surface area contributed by atoms with Crippen LogP contribution in [0.5, 0.6) is 5.88 Å². The van der Waals surface area contributed by atoms with Gasteiger partial charge in [-0.25, -0.2) is 9.50 Å². The number of rotatable bonds is 3. The third-order valence-corrected chi connectivity index (χ3v) is 2.95. The quantitative estimate of drug-likeness (QED) is 0.503. The Bertz CT molecular complexity index is 849. The third kappa shape index (κ3) is 2.74. The number of anilines is 1. The smallest absolute Gasteiger partial charge is 0.545 e. The van der Waals surface area contributed by atoms with Crippen molar-refractivity contribution >= 4 is 17.6 Å². The SMILES string of the molecule is COc1ncc(C(=O)[O-])cc1-c1ccn2nc(N)nc2c1.[Li+]. The van der Waals surface area contributed by atoms with Crippen LogP contribution in [0.1, 0.15) is 10.4 Å². The van der Waals surface area contributed by atoms with Gasteiger partial charge in [-0.3, -0.25) is 0 Å². The van der Waals surface area contributed by atoms with Crippen molar-refractivity contribution in [1.29, 1.82) is 0 Å². The predicted molar refractivity (Wildman–Crippen MR) is 71.5 cm³/mol. The van der Waals surface area contributed by atoms with Crippen molar-refractivity contribution < 1.29 is 33.5 Å². The fraction of sp³-hybridized carbons (Fsp3) is 0.0769. The van der Waals surface area contributed by atoms with Gasteiger partial charge in [0.15, 0.2) is 5.65 Å². The summed E-state index contributed by atoms with van der Waals surface area (Å²) in [6, 6.07) is 4.88. The molecule has 3 heterocycles. The van der Waals surface area contributed by atoms with Crippen LogP contribution < -0.4 is 34.4 Å². The van der Waals surface area contributed by atoms with Gasteiger partial charge in [0.25, 0.3) is 0 Å². The van der Waals surface area contributed by atoms with Crippen molar-refractivity contribution in [3.05, 3.63) is 36.2 Å². The normalized spacial score (nSPS) is 10.2. The average Bonchev–Trinajstić information content (AvgIpc) is 2.85. The summed E-state index contributed by atoms with van der Waals surface area (Å²) in [5, 5.41) is 14.9. The Morgan fingerprint density at radius 3 is 2.86 bits per heavy atom. The molecule has 0 saturated heterocycles. The first-order valence-corrected chi connectivity index (χ1v) is 5.96. The topological polar surface area (TPSA) is 118 Å². The van der Waals surface area contributed by atoms with E-state index >= 15 is 0 Å². The van der Waals surface area contributed by atoms with E-state index in [1.807, 2.05) is 0 Å². The number of ether oxygens (including phenoxy) is 1. The van der Waals surface area contributed by atoms with Gasteiger partial charge in [0.2, 0.25) is 11.8 Å². The van der Waals surface area contributed by atoms with Crippen LogP contribution in [0.25, 0.3) is 16.8 Å². The largest absolute Gasteiger partial charge is 1.00 e. The zero-order chi connectivity index (χ0) is 15.0. The summed E-state index contributed by atoms with van der Waals surface area (Å²) in [4.78, 5) is 19.0. The van der Waals surface area contributed by atoms with E-state index in [0.29, 0.717) is 22.7 Å². The van der Waals surface area contributed by atoms with Crippen LogP contribution in [0.3, 0.4) is 0 Å². The van der Waals surface area contributed by atoms with E-state index in [2.05, 4.69) is 15.1 Å². The minimum atomic E-state index is -1.31. The number of methoxy groups -OCH3 is 1. The number of nitrogen functional groups attached to an aromatic ring is 1. The van der Waals surface area contributed by atoms with Gasteiger partial charge in [0.05, 0.1) is 13.1 Å². The van der Waals surface area contributed by atoms with Gasteiger partial charge in [-0.15, -0.1) is 5.10 Å². The molecule has 0 aliphatic heterocycles. The molecule has 0 spiro atoms. The van der Waals surface area contributed by atoms with Crippen LogP contribution in [0.2, 0.25) is 0 Å². The molecule has 0 fully saturated rings. The van der Waals surface area contributed by atoms with Gasteiger partial charge >= 0.3 is 18.9 Å². The van der Waals surface area contributed by atoms with Crippen LogP contribution in [0, 0.1) is 0 Å². The fourth-order valence-electron chi connectivity index (χ4n) is 2.00. The summed E-state index contributed by atoms with van der Waals surface area (Å²) in [6.45, 7) is 0. The van der Waals surface area contributed by atoms with Crippen LogP contribution in [-0.4, -0.2) is 32.7 Å².